The summed E-state index contributed by atoms with van der Waals surface area (Å²) in [5.41, 5.74) is 2.50. The molecule has 10 nitrogen and oxygen atoms in total. The molecule has 0 amide bonds. The summed E-state index contributed by atoms with van der Waals surface area (Å²) in [7, 11) is -4.61. The number of carbonyl (C=O) groups excluding carboxylic acids is 1. The van der Waals surface area contributed by atoms with E-state index in [0.29, 0.717) is 29.6 Å². The topological polar surface area (TPSA) is 137 Å². The van der Waals surface area contributed by atoms with Gasteiger partial charge in [0, 0.05) is 62.2 Å². The average Bonchev–Trinajstić information content (AvgIpc) is 3.35. The average molecular weight is 534 g/mol. The first-order chi connectivity index (χ1) is 14.8. The zero-order chi connectivity index (χ0) is 22.0. The molecule has 3 atom stereocenters. The fourth-order valence-electron chi connectivity index (χ4n) is 4.04. The van der Waals surface area contributed by atoms with Gasteiger partial charge >= 0.3 is 13.8 Å². The van der Waals surface area contributed by atoms with Crippen molar-refractivity contribution in [3.8, 4) is 0 Å². The number of phosphoric ester groups is 1. The van der Waals surface area contributed by atoms with E-state index in [1.807, 2.05) is 17.6 Å². The minimum absolute atomic E-state index is 0. The Labute approximate surface area is 209 Å². The molecule has 2 heterocycles. The van der Waals surface area contributed by atoms with Gasteiger partial charge in [0.05, 0.1) is 25.1 Å². The number of esters is 1. The van der Waals surface area contributed by atoms with Crippen LogP contribution in [-0.4, -0.2) is 48.5 Å². The van der Waals surface area contributed by atoms with Gasteiger partial charge in [0.15, 0.2) is 0 Å². The Morgan fingerprint density at radius 2 is 1.88 bits per heavy atom. The van der Waals surface area contributed by atoms with E-state index < -0.39 is 13.8 Å². The molecule has 32 heavy (non-hydrogen) atoms. The van der Waals surface area contributed by atoms with E-state index in [9.17, 15) is 9.36 Å². The van der Waals surface area contributed by atoms with Gasteiger partial charge < -0.3 is 29.1 Å². The first-order valence-electron chi connectivity index (χ1n) is 9.81. The second-order valence-electron chi connectivity index (χ2n) is 7.63. The number of fused-ring (bicyclic) bond motifs is 1. The molecule has 1 saturated carbocycles. The van der Waals surface area contributed by atoms with E-state index in [-0.39, 0.29) is 63.8 Å². The third-order valence-electron chi connectivity index (χ3n) is 5.59. The Balaban J connectivity index is 0.00000289. The van der Waals surface area contributed by atoms with Gasteiger partial charge in [0.1, 0.15) is 0 Å². The zero-order valence-corrected chi connectivity index (χ0v) is 21.1. The van der Waals surface area contributed by atoms with E-state index in [4.69, 9.17) is 19.0 Å². The van der Waals surface area contributed by atoms with Crippen LogP contribution in [0.25, 0.3) is 11.2 Å². The van der Waals surface area contributed by atoms with Crippen LogP contribution < -0.4 is 0 Å². The number of phosphoric acid groups is 1. The van der Waals surface area contributed by atoms with Gasteiger partial charge in [-0.15, -0.1) is 0 Å². The number of imidazole rings is 1. The van der Waals surface area contributed by atoms with Crippen molar-refractivity contribution in [1.82, 2.24) is 19.5 Å². The number of nitrogens with zero attached hydrogens (tertiary/aromatic N) is 4. The maximum atomic E-state index is 12.3. The summed E-state index contributed by atoms with van der Waals surface area (Å²) in [6, 6.07) is 8.62. The minimum Gasteiger partial charge on any atom is -0.462 e. The first kappa shape index (κ1) is 25.1. The van der Waals surface area contributed by atoms with Crippen molar-refractivity contribution in [2.24, 2.45) is 11.8 Å². The molecule has 1 aliphatic rings. The van der Waals surface area contributed by atoms with Crippen LogP contribution in [-0.2, 0) is 46.5 Å². The van der Waals surface area contributed by atoms with E-state index in [0.717, 1.165) is 5.69 Å². The van der Waals surface area contributed by atoms with Crippen LogP contribution in [0.3, 0.4) is 0 Å². The molecule has 1 aliphatic carbocycles. The van der Waals surface area contributed by atoms with Crippen LogP contribution in [0.15, 0.2) is 36.7 Å². The number of benzene rings is 1. The van der Waals surface area contributed by atoms with Crippen molar-refractivity contribution >= 4 is 25.0 Å². The number of rotatable bonds is 7. The van der Waals surface area contributed by atoms with E-state index in [2.05, 4.69) is 21.3 Å². The smallest absolute Gasteiger partial charge is 0.462 e. The largest absolute Gasteiger partial charge is 0.469 e. The molecule has 0 unspecified atom stereocenters. The monoisotopic (exact) mass is 534 g/mol. The normalized spacial score (nSPS) is 20.8. The summed E-state index contributed by atoms with van der Waals surface area (Å²) in [5.74, 6) is -0.802. The molecule has 1 aromatic carbocycles. The molecule has 2 aromatic heterocycles. The molecule has 1 radical (unpaired) electrons. The number of aryl methyl sites for hydroxylation is 1. The van der Waals surface area contributed by atoms with Crippen LogP contribution >= 0.6 is 7.82 Å². The Kier molecular flexibility index (Phi) is 8.30. The summed E-state index contributed by atoms with van der Waals surface area (Å²) in [4.78, 5) is 43.2. The van der Waals surface area contributed by atoms with Crippen LogP contribution in [0.5, 0.6) is 0 Å². The SMILES string of the molecule is Cc1n[c-]nc2c1ncn2[C@H]1C[C@@H](COP(=O)(O)O)[C@@H](COC(=O)c2ccccc2)C1.[Y]. The predicted octanol–water partition coefficient (Wildman–Crippen LogP) is 2.47. The third-order valence-corrected chi connectivity index (χ3v) is 6.07. The Hall–Kier alpha value is -1.55. The minimum atomic E-state index is -4.61. The van der Waals surface area contributed by atoms with Crippen LogP contribution in [0.1, 0.15) is 34.9 Å². The standard InChI is InChI=1S/C20H22N4O6P.Y/c1-13-18-19(22-11-21-13)24(12-23-18)17-7-15(16(8-17)10-30-31(26,27)28)9-29-20(25)14-5-3-2-4-6-14;/h2-6,12,15-17H,7-10H2,1H3,(H2,26,27,28);/q-1;/t15-,16+,17-;/m1./s1. The van der Waals surface area contributed by atoms with Gasteiger partial charge in [-0.2, -0.15) is 0 Å². The van der Waals surface area contributed by atoms with E-state index in [1.54, 1.807) is 30.6 Å². The second kappa shape index (κ2) is 10.6. The fourth-order valence-corrected chi connectivity index (χ4v) is 4.42. The fraction of sp³-hybridized carbons (Fsp3) is 0.400. The maximum absolute atomic E-state index is 12.3. The summed E-state index contributed by atoms with van der Waals surface area (Å²) in [5, 5.41) is 0. The van der Waals surface area contributed by atoms with Crippen molar-refractivity contribution in [1.29, 1.82) is 0 Å². The van der Waals surface area contributed by atoms with Crippen molar-refractivity contribution in [3.63, 3.8) is 0 Å². The Morgan fingerprint density at radius 1 is 1.19 bits per heavy atom. The number of hydrogen-bond acceptors (Lipinski definition) is 7. The third kappa shape index (κ3) is 5.87. The Bertz CT molecular complexity index is 1120. The molecule has 12 heteroatoms. The van der Waals surface area contributed by atoms with Crippen LogP contribution in [0, 0.1) is 25.1 Å². The molecule has 0 saturated heterocycles. The van der Waals surface area contributed by atoms with E-state index >= 15 is 0 Å². The quantitative estimate of drug-likeness (QED) is 0.266. The Morgan fingerprint density at radius 3 is 2.56 bits per heavy atom. The predicted molar refractivity (Wildman–Crippen MR) is 109 cm³/mol. The van der Waals surface area contributed by atoms with Gasteiger partial charge in [-0.1, -0.05) is 25.1 Å². The maximum Gasteiger partial charge on any atom is 0.469 e. The number of aromatic nitrogens is 4. The van der Waals surface area contributed by atoms with Crippen molar-refractivity contribution in [3.05, 3.63) is 54.2 Å². The molecule has 167 valence electrons. The first-order valence-corrected chi connectivity index (χ1v) is 11.3. The molecule has 0 spiro atoms. The van der Waals surface area contributed by atoms with Gasteiger partial charge in [-0.05, 0) is 36.6 Å². The molecule has 0 bridgehead atoms. The summed E-state index contributed by atoms with van der Waals surface area (Å²) in [6.07, 6.45) is 5.49. The molecular weight excluding hydrogens is 512 g/mol. The van der Waals surface area contributed by atoms with Crippen molar-refractivity contribution < 1.29 is 61.1 Å². The molecule has 4 rings (SSSR count). The molecule has 3 aromatic rings. The number of ether oxygens (including phenoxy) is 1. The van der Waals surface area contributed by atoms with Gasteiger partial charge in [-0.25, -0.2) is 9.36 Å². The van der Waals surface area contributed by atoms with Crippen LogP contribution in [0.4, 0.5) is 0 Å². The summed E-state index contributed by atoms with van der Waals surface area (Å²) in [6.45, 7) is 1.81. The molecular formula is C20H22N4O6PY-. The van der Waals surface area contributed by atoms with Crippen LogP contribution in [0.2, 0.25) is 0 Å². The molecule has 0 aliphatic heterocycles. The molecule has 1 fully saturated rings. The van der Waals surface area contributed by atoms with Gasteiger partial charge in [0.25, 0.3) is 0 Å². The number of hydrogen-bond donors (Lipinski definition) is 2. The van der Waals surface area contributed by atoms with E-state index in [1.165, 1.54) is 0 Å². The van der Waals surface area contributed by atoms with Crippen molar-refractivity contribution in [2.45, 2.75) is 25.8 Å². The van der Waals surface area contributed by atoms with Crippen molar-refractivity contribution in [2.75, 3.05) is 13.2 Å². The van der Waals surface area contributed by atoms with Gasteiger partial charge in [-0.3, -0.25) is 9.51 Å². The second-order valence-corrected chi connectivity index (χ2v) is 8.87. The van der Waals surface area contributed by atoms with Gasteiger partial charge in [0.2, 0.25) is 0 Å². The summed E-state index contributed by atoms with van der Waals surface area (Å²) < 4.78 is 23.4. The zero-order valence-electron chi connectivity index (χ0n) is 17.4. The number of carbonyl (C=O) groups is 1. The summed E-state index contributed by atoms with van der Waals surface area (Å²) >= 11 is 0. The molecule has 2 N–H and O–H groups in total.